The van der Waals surface area contributed by atoms with Gasteiger partial charge in [-0.3, -0.25) is 9.59 Å². The van der Waals surface area contributed by atoms with E-state index >= 15 is 0 Å². The van der Waals surface area contributed by atoms with Crippen LogP contribution in [0.15, 0.2) is 41.2 Å². The maximum absolute atomic E-state index is 14.5. The average Bonchev–Trinajstić information content (AvgIpc) is 3.67. The second kappa shape index (κ2) is 13.6. The number of ether oxygens (including phenoxy) is 2. The molecule has 3 aromatic rings. The Bertz CT molecular complexity index is 1620. The molecule has 0 aliphatic carbocycles. The molecule has 1 saturated heterocycles. The number of β-amino-alcohol motifs (C(OH)–C–C–N with tert-alkyl or cyclic N) is 1. The van der Waals surface area contributed by atoms with Crippen LogP contribution in [0.3, 0.4) is 0 Å². The molecule has 1 aromatic heterocycles. The highest BCUT2D eigenvalue weighted by molar-refractivity contribution is 5.86. The Morgan fingerprint density at radius 2 is 1.80 bits per heavy atom. The van der Waals surface area contributed by atoms with Gasteiger partial charge in [-0.1, -0.05) is 32.6 Å². The zero-order valence-electron chi connectivity index (χ0n) is 26.3. The third-order valence-electron chi connectivity index (χ3n) is 8.76. The molecule has 2 aromatic carbocycles. The molecule has 0 radical (unpaired) electrons. The Labute approximate surface area is 265 Å². The van der Waals surface area contributed by atoms with Crippen LogP contribution in [0.4, 0.5) is 24.5 Å². The first-order valence-electron chi connectivity index (χ1n) is 15.6. The molecular weight excluding hydrogens is 603 g/mol. The summed E-state index contributed by atoms with van der Waals surface area (Å²) in [6.07, 6.45) is -0.678. The Hall–Kier alpha value is -4.26. The molecular formula is C33H40F3N5O5. The number of hydrogen-bond acceptors (Lipinski definition) is 8. The number of hydrogen-bond donors (Lipinski definition) is 2. The maximum Gasteiger partial charge on any atom is 0.418 e. The van der Waals surface area contributed by atoms with Gasteiger partial charge in [-0.25, -0.2) is 0 Å². The van der Waals surface area contributed by atoms with Crippen LogP contribution in [0.1, 0.15) is 56.6 Å². The van der Waals surface area contributed by atoms with Crippen LogP contribution >= 0.6 is 0 Å². The first-order chi connectivity index (χ1) is 22.0. The molecule has 46 heavy (non-hydrogen) atoms. The van der Waals surface area contributed by atoms with Crippen LogP contribution in [0.25, 0.3) is 16.9 Å². The van der Waals surface area contributed by atoms with Gasteiger partial charge in [-0.2, -0.15) is 23.0 Å². The number of nitrogens with two attached hydrogens (primary N) is 1. The van der Waals surface area contributed by atoms with Gasteiger partial charge in [0.2, 0.25) is 5.91 Å². The molecule has 0 saturated carbocycles. The predicted octanol–water partition coefficient (Wildman–Crippen LogP) is 4.69. The van der Waals surface area contributed by atoms with E-state index in [1.807, 2.05) is 0 Å². The smallest absolute Gasteiger partial charge is 0.418 e. The molecule has 5 rings (SSSR count). The zero-order valence-corrected chi connectivity index (χ0v) is 26.3. The fraction of sp³-hybridized carbons (Fsp3) is 0.485. The van der Waals surface area contributed by atoms with E-state index in [1.54, 1.807) is 28.0 Å². The highest BCUT2D eigenvalue weighted by Gasteiger charge is 2.39. The molecule has 1 fully saturated rings. The van der Waals surface area contributed by atoms with Gasteiger partial charge >= 0.3 is 6.18 Å². The number of alkyl halides is 3. The van der Waals surface area contributed by atoms with Crippen molar-refractivity contribution >= 4 is 17.3 Å². The van der Waals surface area contributed by atoms with Crippen molar-refractivity contribution < 1.29 is 32.5 Å². The van der Waals surface area contributed by atoms with Gasteiger partial charge in [-0.05, 0) is 49.6 Å². The molecule has 10 nitrogen and oxygen atoms in total. The van der Waals surface area contributed by atoms with Gasteiger partial charge in [0.1, 0.15) is 23.2 Å². The van der Waals surface area contributed by atoms with Crippen LogP contribution in [0, 0.1) is 0 Å². The highest BCUT2D eigenvalue weighted by atomic mass is 19.4. The number of amides is 1. The van der Waals surface area contributed by atoms with Gasteiger partial charge in [-0.15, -0.1) is 0 Å². The summed E-state index contributed by atoms with van der Waals surface area (Å²) in [5.41, 5.74) is 5.34. The number of unbranched alkanes of at least 4 members (excludes halogenated alkanes) is 3. The van der Waals surface area contributed by atoms with E-state index in [0.717, 1.165) is 30.0 Å². The molecule has 1 amide bonds. The normalized spacial score (nSPS) is 16.9. The van der Waals surface area contributed by atoms with Crippen LogP contribution in [-0.4, -0.2) is 66.8 Å². The van der Waals surface area contributed by atoms with E-state index in [0.29, 0.717) is 60.5 Å². The first kappa shape index (κ1) is 33.1. The SMILES string of the molecule is CCCCCCC(C(N)=O)N1CCc2c(-c3cc(OC)cc(OC)c3)nn(-c3cc(N4CCC(O)C4)ccc3C(F)(F)F)c(=O)c21. The van der Waals surface area contributed by atoms with Crippen molar-refractivity contribution in [3.8, 4) is 28.4 Å². The van der Waals surface area contributed by atoms with Crippen molar-refractivity contribution in [1.29, 1.82) is 0 Å². The number of primary amides is 1. The van der Waals surface area contributed by atoms with Crippen LogP contribution < -0.4 is 30.6 Å². The Balaban J connectivity index is 1.76. The number of nitrogens with zero attached hydrogens (tertiary/aromatic N) is 4. The summed E-state index contributed by atoms with van der Waals surface area (Å²) >= 11 is 0. The molecule has 0 bridgehead atoms. The number of fused-ring (bicyclic) bond motifs is 1. The van der Waals surface area contributed by atoms with E-state index in [-0.39, 0.29) is 24.5 Å². The quantitative estimate of drug-likeness (QED) is 0.273. The predicted molar refractivity (Wildman–Crippen MR) is 169 cm³/mol. The molecule has 248 valence electrons. The standard InChI is InChI=1S/C33H40F3N5O5/c1-4-5-6-7-8-27(31(37)43)40-14-12-25-29(20-15-23(45-2)18-24(16-20)46-3)38-41(32(44)30(25)40)28-17-21(39-13-11-22(42)19-39)9-10-26(28)33(34,35)36/h9-10,15-18,22,27,42H,4-8,11-14,19H2,1-3H3,(H2,37,43). The Morgan fingerprint density at radius 3 is 2.39 bits per heavy atom. The third kappa shape index (κ3) is 6.64. The summed E-state index contributed by atoms with van der Waals surface area (Å²) in [5, 5.41) is 14.7. The zero-order chi connectivity index (χ0) is 33.2. The molecule has 2 aliphatic heterocycles. The lowest BCUT2D eigenvalue weighted by Crippen LogP contribution is -2.46. The monoisotopic (exact) mass is 643 g/mol. The summed E-state index contributed by atoms with van der Waals surface area (Å²) in [6.45, 7) is 3.03. The summed E-state index contributed by atoms with van der Waals surface area (Å²) in [5.74, 6) is 0.241. The molecule has 2 unspecified atom stereocenters. The van der Waals surface area contributed by atoms with Crippen molar-refractivity contribution in [3.05, 3.63) is 57.9 Å². The highest BCUT2D eigenvalue weighted by Crippen LogP contribution is 2.40. The number of carbonyl (C=O) groups is 1. The van der Waals surface area contributed by atoms with Crippen molar-refractivity contribution in [2.45, 2.75) is 70.2 Å². The molecule has 2 aliphatic rings. The topological polar surface area (TPSA) is 123 Å². The lowest BCUT2D eigenvalue weighted by Gasteiger charge is -2.28. The van der Waals surface area contributed by atoms with Crippen LogP contribution in [-0.2, 0) is 17.4 Å². The Morgan fingerprint density at radius 1 is 1.09 bits per heavy atom. The second-order valence-corrected chi connectivity index (χ2v) is 11.8. The van der Waals surface area contributed by atoms with Crippen LogP contribution in [0.2, 0.25) is 0 Å². The number of benzene rings is 2. The minimum atomic E-state index is -4.81. The number of aromatic nitrogens is 2. The number of aliphatic hydroxyl groups excluding tert-OH is 1. The average molecular weight is 644 g/mol. The largest absolute Gasteiger partial charge is 0.497 e. The molecule has 3 N–H and O–H groups in total. The van der Waals surface area contributed by atoms with Gasteiger partial charge < -0.3 is 30.1 Å². The summed E-state index contributed by atoms with van der Waals surface area (Å²) in [7, 11) is 2.96. The number of anilines is 2. The number of carbonyl (C=O) groups excluding carboxylic acids is 1. The van der Waals surface area contributed by atoms with Crippen molar-refractivity contribution in [1.82, 2.24) is 9.78 Å². The molecule has 13 heteroatoms. The summed E-state index contributed by atoms with van der Waals surface area (Å²) in [6, 6.07) is 7.73. The molecule has 0 spiro atoms. The number of halogens is 3. The first-order valence-corrected chi connectivity index (χ1v) is 15.6. The Kier molecular flexibility index (Phi) is 9.80. The van der Waals surface area contributed by atoms with Gasteiger partial charge in [0.15, 0.2) is 0 Å². The van der Waals surface area contributed by atoms with E-state index in [1.165, 1.54) is 26.4 Å². The van der Waals surface area contributed by atoms with E-state index in [4.69, 9.17) is 15.2 Å². The number of aliphatic hydroxyl groups is 1. The van der Waals surface area contributed by atoms with Crippen molar-refractivity contribution in [2.24, 2.45) is 5.73 Å². The minimum Gasteiger partial charge on any atom is -0.497 e. The second-order valence-electron chi connectivity index (χ2n) is 11.8. The minimum absolute atomic E-state index is 0.0983. The fourth-order valence-electron chi connectivity index (χ4n) is 6.40. The maximum atomic E-state index is 14.5. The molecule has 2 atom stereocenters. The van der Waals surface area contributed by atoms with Gasteiger partial charge in [0, 0.05) is 42.5 Å². The van der Waals surface area contributed by atoms with E-state index in [2.05, 4.69) is 12.0 Å². The third-order valence-corrected chi connectivity index (χ3v) is 8.76. The summed E-state index contributed by atoms with van der Waals surface area (Å²) in [4.78, 5) is 30.6. The number of methoxy groups -OCH3 is 2. The lowest BCUT2D eigenvalue weighted by atomic mass is 10.0. The van der Waals surface area contributed by atoms with Crippen molar-refractivity contribution in [3.63, 3.8) is 0 Å². The molecule has 3 heterocycles. The number of rotatable bonds is 12. The van der Waals surface area contributed by atoms with E-state index in [9.17, 15) is 27.9 Å². The fourth-order valence-corrected chi connectivity index (χ4v) is 6.40. The van der Waals surface area contributed by atoms with Crippen LogP contribution in [0.5, 0.6) is 11.5 Å². The van der Waals surface area contributed by atoms with Crippen molar-refractivity contribution in [2.75, 3.05) is 43.7 Å². The lowest BCUT2D eigenvalue weighted by molar-refractivity contribution is -0.137. The van der Waals surface area contributed by atoms with E-state index < -0.39 is 41.0 Å². The van der Waals surface area contributed by atoms with Gasteiger partial charge in [0.25, 0.3) is 5.56 Å². The summed E-state index contributed by atoms with van der Waals surface area (Å²) < 4.78 is 55.3. The van der Waals surface area contributed by atoms with Gasteiger partial charge in [0.05, 0.1) is 37.3 Å².